The maximum Gasteiger partial charge on any atom is 0.255 e. The summed E-state index contributed by atoms with van der Waals surface area (Å²) in [5.41, 5.74) is 10.0. The summed E-state index contributed by atoms with van der Waals surface area (Å²) >= 11 is 6.45. The molecule has 1 amide bonds. The van der Waals surface area contributed by atoms with E-state index in [4.69, 9.17) is 22.1 Å². The molecule has 0 atom stereocenters. The number of hydrogen-bond donors (Lipinski definition) is 3. The summed E-state index contributed by atoms with van der Waals surface area (Å²) < 4.78 is 5.30. The quantitative estimate of drug-likeness (QED) is 0.350. The molecule has 156 valence electrons. The first-order valence-corrected chi connectivity index (χ1v) is 10.2. The van der Waals surface area contributed by atoms with Gasteiger partial charge in [0, 0.05) is 37.0 Å². The first-order chi connectivity index (χ1) is 14.6. The van der Waals surface area contributed by atoms with Crippen molar-refractivity contribution in [3.05, 3.63) is 76.9 Å². The lowest BCUT2D eigenvalue weighted by atomic mass is 10.1. The molecule has 1 heterocycles. The summed E-state index contributed by atoms with van der Waals surface area (Å²) in [5, 5.41) is 6.67. The monoisotopic (exact) mass is 424 g/mol. The van der Waals surface area contributed by atoms with Crippen molar-refractivity contribution in [3.63, 3.8) is 0 Å². The van der Waals surface area contributed by atoms with Crippen LogP contribution >= 0.6 is 11.6 Å². The number of pyridine rings is 1. The lowest BCUT2D eigenvalue weighted by Gasteiger charge is -2.10. The average Bonchev–Trinajstić information content (AvgIpc) is 2.75. The van der Waals surface area contributed by atoms with Crippen molar-refractivity contribution in [2.45, 2.75) is 13.5 Å². The van der Waals surface area contributed by atoms with E-state index in [0.29, 0.717) is 47.4 Å². The fraction of sp³-hybridized carbons (Fsp3) is 0.217. The number of nitrogens with one attached hydrogen (secondary N) is 2. The van der Waals surface area contributed by atoms with Gasteiger partial charge in [-0.25, -0.2) is 0 Å². The predicted molar refractivity (Wildman–Crippen MR) is 122 cm³/mol. The van der Waals surface area contributed by atoms with Crippen molar-refractivity contribution < 1.29 is 9.53 Å². The van der Waals surface area contributed by atoms with Gasteiger partial charge in [-0.1, -0.05) is 35.9 Å². The fourth-order valence-electron chi connectivity index (χ4n) is 2.89. The molecule has 0 saturated heterocycles. The van der Waals surface area contributed by atoms with Crippen LogP contribution in [0.5, 0.6) is 0 Å². The largest absolute Gasteiger partial charge is 0.397 e. The number of nitrogen functional groups attached to an aromatic ring is 1. The maximum atomic E-state index is 12.5. The van der Waals surface area contributed by atoms with Gasteiger partial charge in [-0.2, -0.15) is 0 Å². The molecule has 0 unspecified atom stereocenters. The minimum Gasteiger partial charge on any atom is -0.397 e. The summed E-state index contributed by atoms with van der Waals surface area (Å²) in [6.45, 7) is 4.80. The van der Waals surface area contributed by atoms with E-state index in [2.05, 4.69) is 15.6 Å². The highest BCUT2D eigenvalue weighted by Crippen LogP contribution is 2.27. The van der Waals surface area contributed by atoms with E-state index < -0.39 is 0 Å². The molecule has 3 aromatic rings. The van der Waals surface area contributed by atoms with Gasteiger partial charge in [0.2, 0.25) is 0 Å². The fourth-order valence-corrected chi connectivity index (χ4v) is 3.19. The van der Waals surface area contributed by atoms with Crippen LogP contribution in [0.25, 0.3) is 11.3 Å². The minimum absolute atomic E-state index is 0.230. The molecule has 0 aliphatic rings. The molecule has 0 aliphatic heterocycles. The molecule has 3 rings (SSSR count). The summed E-state index contributed by atoms with van der Waals surface area (Å²) in [6, 6.07) is 16.2. The van der Waals surface area contributed by atoms with Crippen molar-refractivity contribution >= 4 is 28.9 Å². The Morgan fingerprint density at radius 2 is 1.93 bits per heavy atom. The number of nitrogens with zero attached hydrogens (tertiary/aromatic N) is 1. The third kappa shape index (κ3) is 5.79. The second kappa shape index (κ2) is 10.7. The number of para-hydroxylation sites is 2. The number of ether oxygens (including phenoxy) is 1. The van der Waals surface area contributed by atoms with E-state index in [1.54, 1.807) is 30.5 Å². The Morgan fingerprint density at radius 1 is 1.17 bits per heavy atom. The highest BCUT2D eigenvalue weighted by Gasteiger charge is 2.10. The van der Waals surface area contributed by atoms with Crippen molar-refractivity contribution in [2.75, 3.05) is 30.8 Å². The molecule has 0 radical (unpaired) electrons. The summed E-state index contributed by atoms with van der Waals surface area (Å²) in [7, 11) is 0. The zero-order valence-corrected chi connectivity index (χ0v) is 17.6. The van der Waals surface area contributed by atoms with Gasteiger partial charge in [0.05, 0.1) is 28.7 Å². The number of carbonyl (C=O) groups is 1. The Balaban J connectivity index is 1.64. The van der Waals surface area contributed by atoms with E-state index in [0.717, 1.165) is 17.7 Å². The van der Waals surface area contributed by atoms with Crippen LogP contribution in [0.15, 0.2) is 60.8 Å². The predicted octanol–water partition coefficient (Wildman–Crippen LogP) is 4.36. The molecular formula is C23H25ClN4O2. The summed E-state index contributed by atoms with van der Waals surface area (Å²) in [5.74, 6) is -0.230. The van der Waals surface area contributed by atoms with Gasteiger partial charge in [0.1, 0.15) is 0 Å². The maximum absolute atomic E-state index is 12.5. The van der Waals surface area contributed by atoms with Crippen LogP contribution in [0.1, 0.15) is 22.8 Å². The Bertz CT molecular complexity index is 993. The van der Waals surface area contributed by atoms with Crippen molar-refractivity contribution in [2.24, 2.45) is 0 Å². The lowest BCUT2D eigenvalue weighted by Crippen LogP contribution is -2.19. The average molecular weight is 425 g/mol. The van der Waals surface area contributed by atoms with Gasteiger partial charge in [0.25, 0.3) is 5.91 Å². The summed E-state index contributed by atoms with van der Waals surface area (Å²) in [4.78, 5) is 17.0. The van der Waals surface area contributed by atoms with Crippen LogP contribution in [0.4, 0.5) is 11.4 Å². The SMILES string of the molecule is CCOCCNCc1cnc(-c2ccc(C(=O)Nc3ccccc3N)cc2)c(Cl)c1. The van der Waals surface area contributed by atoms with Gasteiger partial charge in [-0.15, -0.1) is 0 Å². The number of nitrogens with two attached hydrogens (primary N) is 1. The molecule has 0 saturated carbocycles. The first-order valence-electron chi connectivity index (χ1n) is 9.77. The van der Waals surface area contributed by atoms with Crippen LogP contribution in [-0.2, 0) is 11.3 Å². The van der Waals surface area contributed by atoms with Gasteiger partial charge in [-0.3, -0.25) is 9.78 Å². The number of benzene rings is 2. The molecule has 2 aromatic carbocycles. The van der Waals surface area contributed by atoms with E-state index >= 15 is 0 Å². The van der Waals surface area contributed by atoms with Gasteiger partial charge in [-0.05, 0) is 42.8 Å². The van der Waals surface area contributed by atoms with Crippen LogP contribution in [0, 0.1) is 0 Å². The molecule has 0 aliphatic carbocycles. The molecule has 6 nitrogen and oxygen atoms in total. The second-order valence-corrected chi connectivity index (χ2v) is 7.07. The van der Waals surface area contributed by atoms with E-state index in [1.807, 2.05) is 37.3 Å². The number of rotatable bonds is 9. The van der Waals surface area contributed by atoms with Crippen molar-refractivity contribution in [3.8, 4) is 11.3 Å². The van der Waals surface area contributed by atoms with E-state index in [9.17, 15) is 4.79 Å². The molecule has 30 heavy (non-hydrogen) atoms. The first kappa shape index (κ1) is 21.8. The number of amides is 1. The standard InChI is InChI=1S/C23H25ClN4O2/c1-2-30-12-11-26-14-16-13-19(24)22(27-15-16)17-7-9-18(10-8-17)23(29)28-21-6-4-3-5-20(21)25/h3-10,13,15,26H,2,11-12,14,25H2,1H3,(H,28,29). The third-order valence-electron chi connectivity index (χ3n) is 4.48. The number of hydrogen-bond acceptors (Lipinski definition) is 5. The number of halogens is 1. The zero-order valence-electron chi connectivity index (χ0n) is 16.8. The molecule has 7 heteroatoms. The highest BCUT2D eigenvalue weighted by molar-refractivity contribution is 6.33. The van der Waals surface area contributed by atoms with Gasteiger partial charge >= 0.3 is 0 Å². The van der Waals surface area contributed by atoms with Crippen LogP contribution in [0.3, 0.4) is 0 Å². The van der Waals surface area contributed by atoms with Crippen LogP contribution in [-0.4, -0.2) is 30.6 Å². The molecule has 1 aromatic heterocycles. The normalized spacial score (nSPS) is 10.7. The number of anilines is 2. The Kier molecular flexibility index (Phi) is 7.79. The second-order valence-electron chi connectivity index (χ2n) is 6.67. The van der Waals surface area contributed by atoms with E-state index in [-0.39, 0.29) is 5.91 Å². The summed E-state index contributed by atoms with van der Waals surface area (Å²) in [6.07, 6.45) is 1.80. The Labute approximate surface area is 181 Å². The number of carbonyl (C=O) groups excluding carboxylic acids is 1. The molecule has 0 bridgehead atoms. The third-order valence-corrected chi connectivity index (χ3v) is 4.77. The van der Waals surface area contributed by atoms with Crippen molar-refractivity contribution in [1.82, 2.24) is 10.3 Å². The molecule has 0 spiro atoms. The minimum atomic E-state index is -0.230. The number of aromatic nitrogens is 1. The van der Waals surface area contributed by atoms with Gasteiger partial charge < -0.3 is 21.1 Å². The van der Waals surface area contributed by atoms with Crippen LogP contribution < -0.4 is 16.4 Å². The van der Waals surface area contributed by atoms with E-state index in [1.165, 1.54) is 0 Å². The lowest BCUT2D eigenvalue weighted by molar-refractivity contribution is 0.102. The Morgan fingerprint density at radius 3 is 2.63 bits per heavy atom. The van der Waals surface area contributed by atoms with Crippen LogP contribution in [0.2, 0.25) is 5.02 Å². The van der Waals surface area contributed by atoms with Gasteiger partial charge in [0.15, 0.2) is 0 Å². The molecule has 0 fully saturated rings. The Hall–Kier alpha value is -2.93. The smallest absolute Gasteiger partial charge is 0.255 e. The zero-order chi connectivity index (χ0) is 21.3. The molecule has 4 N–H and O–H groups in total. The topological polar surface area (TPSA) is 89.3 Å². The highest BCUT2D eigenvalue weighted by atomic mass is 35.5. The van der Waals surface area contributed by atoms with Crippen molar-refractivity contribution in [1.29, 1.82) is 0 Å². The molecular weight excluding hydrogens is 400 g/mol.